The van der Waals surface area contributed by atoms with E-state index in [1.54, 1.807) is 0 Å². The summed E-state index contributed by atoms with van der Waals surface area (Å²) in [6, 6.07) is 0. The average Bonchev–Trinajstić information content (AvgIpc) is 2.62. The zero-order chi connectivity index (χ0) is 8.32. The van der Waals surface area contributed by atoms with Gasteiger partial charge in [-0.15, -0.1) is 6.58 Å². The van der Waals surface area contributed by atoms with Gasteiger partial charge in [0.05, 0.1) is 0 Å². The molecular formula is C10H19N. The minimum Gasteiger partial charge on any atom is -0.316 e. The second-order valence-corrected chi connectivity index (χ2v) is 4.19. The third-order valence-corrected chi connectivity index (χ3v) is 2.38. The smallest absolute Gasteiger partial charge is 0.000529 e. The fraction of sp³-hybridized carbons (Fsp3) is 0.800. The van der Waals surface area contributed by atoms with Crippen LogP contribution in [-0.2, 0) is 0 Å². The van der Waals surface area contributed by atoms with Gasteiger partial charge in [0.2, 0.25) is 0 Å². The Morgan fingerprint density at radius 1 is 1.55 bits per heavy atom. The van der Waals surface area contributed by atoms with Crippen LogP contribution in [0.2, 0.25) is 0 Å². The van der Waals surface area contributed by atoms with E-state index in [0.29, 0.717) is 5.41 Å². The van der Waals surface area contributed by atoms with E-state index in [1.165, 1.54) is 25.0 Å². The summed E-state index contributed by atoms with van der Waals surface area (Å²) in [5.41, 5.74) is 1.92. The van der Waals surface area contributed by atoms with Crippen LogP contribution in [0.4, 0.5) is 0 Å². The Morgan fingerprint density at radius 3 is 2.64 bits per heavy atom. The van der Waals surface area contributed by atoms with Crippen molar-refractivity contribution >= 4 is 0 Å². The molecule has 0 amide bonds. The summed E-state index contributed by atoms with van der Waals surface area (Å²) in [4.78, 5) is 0. The molecule has 0 atom stereocenters. The maximum atomic E-state index is 3.86. The van der Waals surface area contributed by atoms with E-state index in [0.717, 1.165) is 13.0 Å². The maximum absolute atomic E-state index is 3.86. The lowest BCUT2D eigenvalue weighted by Crippen LogP contribution is -2.23. The highest BCUT2D eigenvalue weighted by atomic mass is 14.9. The summed E-state index contributed by atoms with van der Waals surface area (Å²) >= 11 is 0. The largest absolute Gasteiger partial charge is 0.316 e. The lowest BCUT2D eigenvalue weighted by molar-refractivity contribution is 0.502. The van der Waals surface area contributed by atoms with Gasteiger partial charge in [-0.3, -0.25) is 0 Å². The Labute approximate surface area is 69.9 Å². The van der Waals surface area contributed by atoms with Crippen molar-refractivity contribution in [3.8, 4) is 0 Å². The highest BCUT2D eigenvalue weighted by Gasteiger charge is 2.36. The van der Waals surface area contributed by atoms with Gasteiger partial charge in [-0.2, -0.15) is 0 Å². The van der Waals surface area contributed by atoms with E-state index in [2.05, 4.69) is 25.7 Å². The van der Waals surface area contributed by atoms with Crippen molar-refractivity contribution in [2.45, 2.75) is 33.1 Å². The maximum Gasteiger partial charge on any atom is 0.000529 e. The van der Waals surface area contributed by atoms with Crippen LogP contribution in [-0.4, -0.2) is 13.1 Å². The lowest BCUT2D eigenvalue weighted by atomic mass is 10.1. The first-order chi connectivity index (χ1) is 5.12. The van der Waals surface area contributed by atoms with Gasteiger partial charge in [0, 0.05) is 6.54 Å². The lowest BCUT2D eigenvalue weighted by Gasteiger charge is -2.09. The number of nitrogens with one attached hydrogen (secondary N) is 1. The Bertz CT molecular complexity index is 145. The van der Waals surface area contributed by atoms with Gasteiger partial charge in [0.15, 0.2) is 0 Å². The molecule has 0 bridgehead atoms. The molecule has 0 aromatic heterocycles. The molecule has 1 heteroatoms. The van der Waals surface area contributed by atoms with Crippen LogP contribution in [0.3, 0.4) is 0 Å². The normalized spacial score (nSPS) is 19.8. The quantitative estimate of drug-likeness (QED) is 0.472. The van der Waals surface area contributed by atoms with Crippen LogP contribution in [0.5, 0.6) is 0 Å². The number of hydrogen-bond acceptors (Lipinski definition) is 1. The summed E-state index contributed by atoms with van der Waals surface area (Å²) < 4.78 is 0. The Kier molecular flexibility index (Phi) is 2.72. The van der Waals surface area contributed by atoms with Gasteiger partial charge in [0.25, 0.3) is 0 Å². The van der Waals surface area contributed by atoms with Gasteiger partial charge < -0.3 is 5.32 Å². The SMILES string of the molecule is C=C(C)CCNCC1(C)CC1. The van der Waals surface area contributed by atoms with E-state index < -0.39 is 0 Å². The van der Waals surface area contributed by atoms with Crippen LogP contribution < -0.4 is 5.32 Å². The van der Waals surface area contributed by atoms with E-state index >= 15 is 0 Å². The molecule has 11 heavy (non-hydrogen) atoms. The van der Waals surface area contributed by atoms with Crippen molar-refractivity contribution < 1.29 is 0 Å². The van der Waals surface area contributed by atoms with Crippen molar-refractivity contribution in [1.82, 2.24) is 5.32 Å². The van der Waals surface area contributed by atoms with Crippen LogP contribution in [0, 0.1) is 5.41 Å². The summed E-state index contributed by atoms with van der Waals surface area (Å²) in [5.74, 6) is 0. The summed E-state index contributed by atoms with van der Waals surface area (Å²) in [7, 11) is 0. The molecular weight excluding hydrogens is 134 g/mol. The molecule has 0 radical (unpaired) electrons. The Balaban J connectivity index is 1.92. The zero-order valence-electron chi connectivity index (χ0n) is 7.74. The van der Waals surface area contributed by atoms with E-state index in [-0.39, 0.29) is 0 Å². The summed E-state index contributed by atoms with van der Waals surface area (Å²) in [6.07, 6.45) is 3.94. The fourth-order valence-corrected chi connectivity index (χ4v) is 1.08. The molecule has 0 aromatic carbocycles. The third-order valence-electron chi connectivity index (χ3n) is 2.38. The van der Waals surface area contributed by atoms with Gasteiger partial charge in [-0.25, -0.2) is 0 Å². The predicted octanol–water partition coefficient (Wildman–Crippen LogP) is 2.34. The molecule has 0 aromatic rings. The number of rotatable bonds is 5. The predicted molar refractivity (Wildman–Crippen MR) is 49.6 cm³/mol. The molecule has 0 heterocycles. The van der Waals surface area contributed by atoms with E-state index in [1.807, 2.05) is 0 Å². The van der Waals surface area contributed by atoms with Crippen LogP contribution >= 0.6 is 0 Å². The average molecular weight is 153 g/mol. The summed E-state index contributed by atoms with van der Waals surface area (Å²) in [5, 5.41) is 3.46. The topological polar surface area (TPSA) is 12.0 Å². The molecule has 0 aliphatic heterocycles. The standard InChI is InChI=1S/C10H19N/c1-9(2)4-7-11-8-10(3)5-6-10/h11H,1,4-8H2,2-3H3. The molecule has 64 valence electrons. The van der Waals surface area contributed by atoms with Crippen LogP contribution in [0.15, 0.2) is 12.2 Å². The molecule has 1 saturated carbocycles. The van der Waals surface area contributed by atoms with Gasteiger partial charge in [0.1, 0.15) is 0 Å². The molecule has 0 unspecified atom stereocenters. The van der Waals surface area contributed by atoms with Crippen molar-refractivity contribution in [1.29, 1.82) is 0 Å². The zero-order valence-corrected chi connectivity index (χ0v) is 7.74. The highest BCUT2D eigenvalue weighted by molar-refractivity contribution is 4.92. The second-order valence-electron chi connectivity index (χ2n) is 4.19. The van der Waals surface area contributed by atoms with Crippen molar-refractivity contribution in [3.05, 3.63) is 12.2 Å². The van der Waals surface area contributed by atoms with E-state index in [9.17, 15) is 0 Å². The summed E-state index contributed by atoms with van der Waals surface area (Å²) in [6.45, 7) is 10.6. The first kappa shape index (κ1) is 8.79. The van der Waals surface area contributed by atoms with Crippen LogP contribution in [0.1, 0.15) is 33.1 Å². The molecule has 1 rings (SSSR count). The van der Waals surface area contributed by atoms with Crippen LogP contribution in [0.25, 0.3) is 0 Å². The molecule has 1 fully saturated rings. The van der Waals surface area contributed by atoms with E-state index in [4.69, 9.17) is 0 Å². The van der Waals surface area contributed by atoms with Crippen molar-refractivity contribution in [3.63, 3.8) is 0 Å². The monoisotopic (exact) mass is 153 g/mol. The fourth-order valence-electron chi connectivity index (χ4n) is 1.08. The Morgan fingerprint density at radius 2 is 2.18 bits per heavy atom. The number of hydrogen-bond donors (Lipinski definition) is 1. The molecule has 1 N–H and O–H groups in total. The third kappa shape index (κ3) is 3.57. The first-order valence-corrected chi connectivity index (χ1v) is 4.47. The first-order valence-electron chi connectivity index (χ1n) is 4.47. The molecule has 1 aliphatic carbocycles. The van der Waals surface area contributed by atoms with Crippen molar-refractivity contribution in [2.75, 3.05) is 13.1 Å². The van der Waals surface area contributed by atoms with Crippen molar-refractivity contribution in [2.24, 2.45) is 5.41 Å². The van der Waals surface area contributed by atoms with Gasteiger partial charge >= 0.3 is 0 Å². The van der Waals surface area contributed by atoms with Gasteiger partial charge in [-0.1, -0.05) is 12.5 Å². The minimum absolute atomic E-state index is 0.648. The molecule has 1 nitrogen and oxygen atoms in total. The Hall–Kier alpha value is -0.300. The molecule has 1 aliphatic rings. The highest BCUT2D eigenvalue weighted by Crippen LogP contribution is 2.43. The molecule has 0 saturated heterocycles. The van der Waals surface area contributed by atoms with Gasteiger partial charge in [-0.05, 0) is 38.1 Å². The second kappa shape index (κ2) is 3.40. The molecule has 0 spiro atoms. The minimum atomic E-state index is 0.648.